The van der Waals surface area contributed by atoms with Gasteiger partial charge in [-0.05, 0) is 51.9 Å². The van der Waals surface area contributed by atoms with Crippen LogP contribution < -0.4 is 5.32 Å². The molecule has 128 valence electrons. The number of ether oxygens (including phenoxy) is 1. The summed E-state index contributed by atoms with van der Waals surface area (Å²) in [6.45, 7) is 12.0. The molecule has 4 heteroatoms. The fraction of sp³-hybridized carbons (Fsp3) is 0.944. The van der Waals surface area contributed by atoms with Crippen molar-refractivity contribution in [2.24, 2.45) is 11.8 Å². The van der Waals surface area contributed by atoms with Crippen LogP contribution in [0.25, 0.3) is 0 Å². The fourth-order valence-corrected chi connectivity index (χ4v) is 3.72. The third-order valence-electron chi connectivity index (χ3n) is 4.59. The Balaban J connectivity index is 1.68. The van der Waals surface area contributed by atoms with Crippen LogP contribution in [0.15, 0.2) is 0 Å². The SMILES string of the molecule is CC(C)CC1CCCC(NC2CN(C(=O)OC(C)(C)C)C2)C1. The van der Waals surface area contributed by atoms with Crippen LogP contribution in [0.2, 0.25) is 0 Å². The second-order valence-corrected chi connectivity index (χ2v) is 8.61. The number of rotatable bonds is 4. The van der Waals surface area contributed by atoms with Gasteiger partial charge in [-0.1, -0.05) is 26.7 Å². The molecule has 1 saturated heterocycles. The molecule has 1 saturated carbocycles. The Hall–Kier alpha value is -0.770. The van der Waals surface area contributed by atoms with Gasteiger partial charge >= 0.3 is 6.09 Å². The van der Waals surface area contributed by atoms with Crippen molar-refractivity contribution >= 4 is 6.09 Å². The van der Waals surface area contributed by atoms with Gasteiger partial charge in [0.05, 0.1) is 0 Å². The Labute approximate surface area is 136 Å². The Bertz CT molecular complexity index is 370. The largest absolute Gasteiger partial charge is 0.444 e. The maximum atomic E-state index is 11.9. The lowest BCUT2D eigenvalue weighted by Gasteiger charge is -2.43. The summed E-state index contributed by atoms with van der Waals surface area (Å²) in [4.78, 5) is 13.7. The summed E-state index contributed by atoms with van der Waals surface area (Å²) in [6, 6.07) is 1.10. The van der Waals surface area contributed by atoms with Crippen molar-refractivity contribution in [2.45, 2.75) is 84.4 Å². The van der Waals surface area contributed by atoms with Crippen molar-refractivity contribution in [2.75, 3.05) is 13.1 Å². The lowest BCUT2D eigenvalue weighted by Crippen LogP contribution is -2.62. The summed E-state index contributed by atoms with van der Waals surface area (Å²) in [6.07, 6.45) is 6.51. The van der Waals surface area contributed by atoms with Crippen molar-refractivity contribution in [3.63, 3.8) is 0 Å². The first-order chi connectivity index (χ1) is 10.2. The number of nitrogens with one attached hydrogen (secondary N) is 1. The average Bonchev–Trinajstić information content (AvgIpc) is 2.30. The molecule has 0 aromatic carbocycles. The van der Waals surface area contributed by atoms with Crippen LogP contribution in [0.3, 0.4) is 0 Å². The quantitative estimate of drug-likeness (QED) is 0.858. The smallest absolute Gasteiger partial charge is 0.410 e. The Morgan fingerprint density at radius 2 is 1.91 bits per heavy atom. The first-order valence-electron chi connectivity index (χ1n) is 8.97. The summed E-state index contributed by atoms with van der Waals surface area (Å²) in [5.41, 5.74) is -0.400. The van der Waals surface area contributed by atoms with Crippen LogP contribution in [-0.2, 0) is 4.74 Å². The van der Waals surface area contributed by atoms with Crippen LogP contribution in [-0.4, -0.2) is 41.8 Å². The maximum Gasteiger partial charge on any atom is 0.410 e. The Kier molecular flexibility index (Phi) is 5.76. The van der Waals surface area contributed by atoms with Gasteiger partial charge in [0.2, 0.25) is 0 Å². The first kappa shape index (κ1) is 17.6. The molecule has 1 heterocycles. The number of carbonyl (C=O) groups is 1. The molecule has 4 nitrogen and oxygen atoms in total. The van der Waals surface area contributed by atoms with Crippen molar-refractivity contribution in [1.29, 1.82) is 0 Å². The van der Waals surface area contributed by atoms with Gasteiger partial charge in [0.15, 0.2) is 0 Å². The highest BCUT2D eigenvalue weighted by atomic mass is 16.6. The predicted octanol–water partition coefficient (Wildman–Crippen LogP) is 3.80. The zero-order valence-electron chi connectivity index (χ0n) is 15.0. The van der Waals surface area contributed by atoms with E-state index in [9.17, 15) is 4.79 Å². The molecule has 2 rings (SSSR count). The molecule has 2 unspecified atom stereocenters. The number of amides is 1. The fourth-order valence-electron chi connectivity index (χ4n) is 3.72. The maximum absolute atomic E-state index is 11.9. The third kappa shape index (κ3) is 5.45. The van der Waals surface area contributed by atoms with Crippen LogP contribution in [0.4, 0.5) is 4.79 Å². The van der Waals surface area contributed by atoms with Crippen molar-refractivity contribution < 1.29 is 9.53 Å². The van der Waals surface area contributed by atoms with E-state index in [-0.39, 0.29) is 6.09 Å². The number of hydrogen-bond donors (Lipinski definition) is 1. The van der Waals surface area contributed by atoms with Gasteiger partial charge < -0.3 is 15.0 Å². The molecule has 2 atom stereocenters. The summed E-state index contributed by atoms with van der Waals surface area (Å²) in [5, 5.41) is 3.76. The highest BCUT2D eigenvalue weighted by Crippen LogP contribution is 2.30. The molecule has 0 radical (unpaired) electrons. The molecule has 0 aromatic heterocycles. The average molecular weight is 310 g/mol. The Morgan fingerprint density at radius 3 is 2.50 bits per heavy atom. The molecule has 1 N–H and O–H groups in total. The summed E-state index contributed by atoms with van der Waals surface area (Å²) in [7, 11) is 0. The van der Waals surface area contributed by atoms with E-state index in [1.165, 1.54) is 32.1 Å². The highest BCUT2D eigenvalue weighted by molar-refractivity contribution is 5.69. The van der Waals surface area contributed by atoms with Crippen LogP contribution in [0.1, 0.15) is 66.7 Å². The number of hydrogen-bond acceptors (Lipinski definition) is 3. The van der Waals surface area contributed by atoms with Gasteiger partial charge in [0.1, 0.15) is 5.60 Å². The minimum absolute atomic E-state index is 0.174. The minimum atomic E-state index is -0.400. The predicted molar refractivity (Wildman–Crippen MR) is 89.9 cm³/mol. The van der Waals surface area contributed by atoms with E-state index in [4.69, 9.17) is 4.74 Å². The highest BCUT2D eigenvalue weighted by Gasteiger charge is 2.35. The third-order valence-corrected chi connectivity index (χ3v) is 4.59. The molecule has 1 aliphatic heterocycles. The van der Waals surface area contributed by atoms with E-state index in [1.54, 1.807) is 4.90 Å². The molecule has 22 heavy (non-hydrogen) atoms. The van der Waals surface area contributed by atoms with Gasteiger partial charge in [-0.3, -0.25) is 0 Å². The second kappa shape index (κ2) is 7.20. The monoisotopic (exact) mass is 310 g/mol. The van der Waals surface area contributed by atoms with E-state index in [0.29, 0.717) is 12.1 Å². The zero-order chi connectivity index (χ0) is 16.3. The summed E-state index contributed by atoms with van der Waals surface area (Å²) >= 11 is 0. The molecule has 0 spiro atoms. The van der Waals surface area contributed by atoms with E-state index >= 15 is 0 Å². The molecule has 1 amide bonds. The van der Waals surface area contributed by atoms with Gasteiger partial charge in [0, 0.05) is 25.2 Å². The second-order valence-electron chi connectivity index (χ2n) is 8.61. The molecular formula is C18H34N2O2. The van der Waals surface area contributed by atoms with Gasteiger partial charge in [0.25, 0.3) is 0 Å². The van der Waals surface area contributed by atoms with Crippen LogP contribution in [0.5, 0.6) is 0 Å². The lowest BCUT2D eigenvalue weighted by atomic mass is 9.81. The first-order valence-corrected chi connectivity index (χ1v) is 8.97. The minimum Gasteiger partial charge on any atom is -0.444 e. The zero-order valence-corrected chi connectivity index (χ0v) is 15.0. The van der Waals surface area contributed by atoms with Gasteiger partial charge in [-0.2, -0.15) is 0 Å². The molecule has 2 fully saturated rings. The van der Waals surface area contributed by atoms with Crippen molar-refractivity contribution in [1.82, 2.24) is 10.2 Å². The Morgan fingerprint density at radius 1 is 1.23 bits per heavy atom. The van der Waals surface area contributed by atoms with Crippen molar-refractivity contribution in [3.8, 4) is 0 Å². The normalized spacial score (nSPS) is 26.9. The summed E-state index contributed by atoms with van der Waals surface area (Å²) < 4.78 is 5.40. The summed E-state index contributed by atoms with van der Waals surface area (Å²) in [5.74, 6) is 1.68. The van der Waals surface area contributed by atoms with Gasteiger partial charge in [-0.25, -0.2) is 4.79 Å². The number of likely N-dealkylation sites (tertiary alicyclic amines) is 1. The van der Waals surface area contributed by atoms with Crippen LogP contribution in [0, 0.1) is 11.8 Å². The van der Waals surface area contributed by atoms with Crippen LogP contribution >= 0.6 is 0 Å². The topological polar surface area (TPSA) is 41.6 Å². The molecular weight excluding hydrogens is 276 g/mol. The molecule has 0 bridgehead atoms. The molecule has 0 aromatic rings. The van der Waals surface area contributed by atoms with Gasteiger partial charge in [-0.15, -0.1) is 0 Å². The lowest BCUT2D eigenvalue weighted by molar-refractivity contribution is 0.00320. The molecule has 2 aliphatic rings. The number of nitrogens with zero attached hydrogens (tertiary/aromatic N) is 1. The standard InChI is InChI=1S/C18H34N2O2/c1-13(2)9-14-7-6-8-15(10-14)19-16-11-20(12-16)17(21)22-18(3,4)5/h13-16,19H,6-12H2,1-5H3. The number of carbonyl (C=O) groups excluding carboxylic acids is 1. The van der Waals surface area contributed by atoms with E-state index in [0.717, 1.165) is 24.9 Å². The van der Waals surface area contributed by atoms with E-state index < -0.39 is 5.60 Å². The van der Waals surface area contributed by atoms with E-state index in [2.05, 4.69) is 19.2 Å². The molecule has 1 aliphatic carbocycles. The van der Waals surface area contributed by atoms with Crippen molar-refractivity contribution in [3.05, 3.63) is 0 Å². The van der Waals surface area contributed by atoms with E-state index in [1.807, 2.05) is 20.8 Å².